The average molecular weight is 267 g/mol. The van der Waals surface area contributed by atoms with Gasteiger partial charge < -0.3 is 10.1 Å². The molecule has 0 amide bonds. The molecule has 19 heavy (non-hydrogen) atoms. The molecule has 1 aromatic carbocycles. The molecule has 1 rings (SSSR count). The summed E-state index contributed by atoms with van der Waals surface area (Å²) in [5.74, 6) is 1.39. The van der Waals surface area contributed by atoms with Crippen LogP contribution in [0.4, 0.5) is 4.39 Å². The zero-order valence-electron chi connectivity index (χ0n) is 12.7. The van der Waals surface area contributed by atoms with E-state index in [0.717, 1.165) is 13.1 Å². The monoisotopic (exact) mass is 267 g/mol. The highest BCUT2D eigenvalue weighted by Crippen LogP contribution is 2.19. The van der Waals surface area contributed by atoms with Gasteiger partial charge in [-0.15, -0.1) is 0 Å². The second-order valence-corrected chi connectivity index (χ2v) is 5.86. The van der Waals surface area contributed by atoms with E-state index >= 15 is 0 Å². The van der Waals surface area contributed by atoms with Crippen molar-refractivity contribution < 1.29 is 9.13 Å². The normalized spacial score (nSPS) is 13.1. The van der Waals surface area contributed by atoms with Crippen molar-refractivity contribution in [1.82, 2.24) is 5.32 Å². The Morgan fingerprint density at radius 2 is 1.84 bits per heavy atom. The van der Waals surface area contributed by atoms with E-state index in [9.17, 15) is 4.39 Å². The molecule has 0 radical (unpaired) electrons. The highest BCUT2D eigenvalue weighted by Gasteiger charge is 2.15. The summed E-state index contributed by atoms with van der Waals surface area (Å²) in [4.78, 5) is 0. The fraction of sp³-hybridized carbons (Fsp3) is 0.625. The van der Waals surface area contributed by atoms with Gasteiger partial charge in [0.2, 0.25) is 0 Å². The van der Waals surface area contributed by atoms with Crippen LogP contribution in [-0.4, -0.2) is 19.2 Å². The smallest absolute Gasteiger partial charge is 0.129 e. The lowest BCUT2D eigenvalue weighted by atomic mass is 10.1. The van der Waals surface area contributed by atoms with Crippen LogP contribution in [0.5, 0.6) is 5.75 Å². The zero-order valence-corrected chi connectivity index (χ0v) is 12.7. The van der Waals surface area contributed by atoms with Gasteiger partial charge in [-0.1, -0.05) is 33.8 Å². The minimum atomic E-state index is -0.213. The lowest BCUT2D eigenvalue weighted by Crippen LogP contribution is -2.36. The summed E-state index contributed by atoms with van der Waals surface area (Å²) in [6.45, 7) is 12.1. The first kappa shape index (κ1) is 16.0. The van der Waals surface area contributed by atoms with Crippen LogP contribution in [0.3, 0.4) is 0 Å². The van der Waals surface area contributed by atoms with Crippen LogP contribution in [0.2, 0.25) is 0 Å². The van der Waals surface area contributed by atoms with Crippen molar-refractivity contribution >= 4 is 0 Å². The number of nitrogens with one attached hydrogen (secondary N) is 1. The van der Waals surface area contributed by atoms with Gasteiger partial charge in [-0.2, -0.15) is 0 Å². The van der Waals surface area contributed by atoms with Crippen molar-refractivity contribution in [2.24, 2.45) is 11.8 Å². The maximum atomic E-state index is 13.5. The van der Waals surface area contributed by atoms with Crippen LogP contribution in [0.15, 0.2) is 18.2 Å². The molecule has 1 unspecified atom stereocenters. The second kappa shape index (κ2) is 7.49. The van der Waals surface area contributed by atoms with Crippen molar-refractivity contribution in [1.29, 1.82) is 0 Å². The van der Waals surface area contributed by atoms with Gasteiger partial charge in [-0.05, 0) is 36.9 Å². The average Bonchev–Trinajstić information content (AvgIpc) is 2.32. The van der Waals surface area contributed by atoms with Gasteiger partial charge in [-0.25, -0.2) is 4.39 Å². The number of rotatable bonds is 7. The van der Waals surface area contributed by atoms with Crippen LogP contribution in [-0.2, 0) is 0 Å². The minimum absolute atomic E-state index is 0.0563. The number of halogens is 1. The SMILES string of the molecule is Cc1ccc(OC(CNCC(C)C)C(C)C)cc1F. The van der Waals surface area contributed by atoms with E-state index in [-0.39, 0.29) is 11.9 Å². The van der Waals surface area contributed by atoms with Crippen LogP contribution in [0.25, 0.3) is 0 Å². The van der Waals surface area contributed by atoms with Gasteiger partial charge in [0, 0.05) is 12.6 Å². The molecule has 0 spiro atoms. The molecule has 108 valence electrons. The highest BCUT2D eigenvalue weighted by atomic mass is 19.1. The van der Waals surface area contributed by atoms with E-state index in [4.69, 9.17) is 4.74 Å². The largest absolute Gasteiger partial charge is 0.489 e. The standard InChI is InChI=1S/C16H26FNO/c1-11(2)9-18-10-16(12(3)4)19-14-7-6-13(5)15(17)8-14/h6-8,11-12,16,18H,9-10H2,1-5H3. The summed E-state index contributed by atoms with van der Waals surface area (Å²) < 4.78 is 19.4. The molecule has 0 heterocycles. The van der Waals surface area contributed by atoms with Crippen molar-refractivity contribution in [3.05, 3.63) is 29.6 Å². The van der Waals surface area contributed by atoms with Gasteiger partial charge >= 0.3 is 0 Å². The fourth-order valence-corrected chi connectivity index (χ4v) is 1.75. The predicted octanol–water partition coefficient (Wildman–Crippen LogP) is 3.78. The van der Waals surface area contributed by atoms with Crippen molar-refractivity contribution in [3.63, 3.8) is 0 Å². The quantitative estimate of drug-likeness (QED) is 0.811. The van der Waals surface area contributed by atoms with E-state index in [0.29, 0.717) is 23.1 Å². The van der Waals surface area contributed by atoms with E-state index in [1.54, 1.807) is 13.0 Å². The number of benzene rings is 1. The van der Waals surface area contributed by atoms with E-state index < -0.39 is 0 Å². The Morgan fingerprint density at radius 3 is 2.37 bits per heavy atom. The summed E-state index contributed by atoms with van der Waals surface area (Å²) in [6, 6.07) is 5.05. The molecular formula is C16H26FNO. The van der Waals surface area contributed by atoms with Crippen molar-refractivity contribution in [3.8, 4) is 5.75 Å². The molecule has 0 saturated carbocycles. The van der Waals surface area contributed by atoms with Crippen molar-refractivity contribution in [2.45, 2.75) is 40.7 Å². The van der Waals surface area contributed by atoms with Crippen LogP contribution < -0.4 is 10.1 Å². The Morgan fingerprint density at radius 1 is 1.16 bits per heavy atom. The minimum Gasteiger partial charge on any atom is -0.489 e. The molecule has 0 aromatic heterocycles. The van der Waals surface area contributed by atoms with Crippen LogP contribution in [0.1, 0.15) is 33.3 Å². The number of hydrogen-bond donors (Lipinski definition) is 1. The Kier molecular flexibility index (Phi) is 6.29. The topological polar surface area (TPSA) is 21.3 Å². The Labute approximate surface area is 116 Å². The number of ether oxygens (including phenoxy) is 1. The summed E-state index contributed by atoms with van der Waals surface area (Å²) in [5.41, 5.74) is 0.645. The maximum absolute atomic E-state index is 13.5. The van der Waals surface area contributed by atoms with Gasteiger partial charge in [-0.3, -0.25) is 0 Å². The third-order valence-corrected chi connectivity index (χ3v) is 3.07. The Hall–Kier alpha value is -1.09. The first-order valence-corrected chi connectivity index (χ1v) is 7.03. The fourth-order valence-electron chi connectivity index (χ4n) is 1.75. The van der Waals surface area contributed by atoms with E-state index in [1.807, 2.05) is 6.07 Å². The van der Waals surface area contributed by atoms with E-state index in [2.05, 4.69) is 33.0 Å². The van der Waals surface area contributed by atoms with Gasteiger partial charge in [0.1, 0.15) is 17.7 Å². The molecule has 0 aliphatic carbocycles. The summed E-state index contributed by atoms with van der Waals surface area (Å²) in [5, 5.41) is 3.39. The predicted molar refractivity (Wildman–Crippen MR) is 78.1 cm³/mol. The molecule has 2 nitrogen and oxygen atoms in total. The molecular weight excluding hydrogens is 241 g/mol. The maximum Gasteiger partial charge on any atom is 0.129 e. The molecule has 1 atom stereocenters. The second-order valence-electron chi connectivity index (χ2n) is 5.86. The number of aryl methyl sites for hydroxylation is 1. The molecule has 1 aromatic rings. The molecule has 3 heteroatoms. The van der Waals surface area contributed by atoms with E-state index in [1.165, 1.54) is 6.07 Å². The molecule has 0 fully saturated rings. The van der Waals surface area contributed by atoms with Gasteiger partial charge in [0.05, 0.1) is 0 Å². The summed E-state index contributed by atoms with van der Waals surface area (Å²) in [7, 11) is 0. The third-order valence-electron chi connectivity index (χ3n) is 3.07. The van der Waals surface area contributed by atoms with Crippen LogP contribution >= 0.6 is 0 Å². The lowest BCUT2D eigenvalue weighted by Gasteiger charge is -2.23. The third kappa shape index (κ3) is 5.60. The summed E-state index contributed by atoms with van der Waals surface area (Å²) in [6.07, 6.45) is 0.0563. The Bertz CT molecular complexity index is 390. The highest BCUT2D eigenvalue weighted by molar-refractivity contribution is 5.28. The molecule has 0 bridgehead atoms. The lowest BCUT2D eigenvalue weighted by molar-refractivity contribution is 0.147. The molecule has 0 aliphatic rings. The van der Waals surface area contributed by atoms with Crippen LogP contribution in [0, 0.1) is 24.6 Å². The first-order chi connectivity index (χ1) is 8.90. The molecule has 1 N–H and O–H groups in total. The molecule has 0 saturated heterocycles. The first-order valence-electron chi connectivity index (χ1n) is 7.03. The van der Waals surface area contributed by atoms with Crippen molar-refractivity contribution in [2.75, 3.05) is 13.1 Å². The number of hydrogen-bond acceptors (Lipinski definition) is 2. The van der Waals surface area contributed by atoms with Gasteiger partial charge in [0.15, 0.2) is 0 Å². The Balaban J connectivity index is 2.59. The molecule has 0 aliphatic heterocycles. The zero-order chi connectivity index (χ0) is 14.4. The van der Waals surface area contributed by atoms with Gasteiger partial charge in [0.25, 0.3) is 0 Å². The summed E-state index contributed by atoms with van der Waals surface area (Å²) >= 11 is 0.